The molecule has 0 saturated heterocycles. The number of hydrogen-bond acceptors (Lipinski definition) is 3. The molecule has 0 bridgehead atoms. The van der Waals surface area contributed by atoms with Gasteiger partial charge in [-0.2, -0.15) is 0 Å². The van der Waals surface area contributed by atoms with Crippen LogP contribution in [0.3, 0.4) is 0 Å². The third-order valence-corrected chi connectivity index (χ3v) is 5.42. The first-order valence-corrected chi connectivity index (χ1v) is 8.56. The quantitative estimate of drug-likeness (QED) is 0.763. The minimum atomic E-state index is -3.62. The first-order valence-electron chi connectivity index (χ1n) is 7.12. The van der Waals surface area contributed by atoms with E-state index < -0.39 is 15.8 Å². The lowest BCUT2D eigenvalue weighted by atomic mass is 10.1. The molecular formula is C17H18FNO3S. The van der Waals surface area contributed by atoms with Gasteiger partial charge in [0, 0.05) is 25.6 Å². The van der Waals surface area contributed by atoms with Crippen LogP contribution >= 0.6 is 0 Å². The van der Waals surface area contributed by atoms with E-state index in [1.165, 1.54) is 31.3 Å². The van der Waals surface area contributed by atoms with Gasteiger partial charge in [-0.25, -0.2) is 17.1 Å². The van der Waals surface area contributed by atoms with Crippen molar-refractivity contribution in [2.24, 2.45) is 0 Å². The fraction of sp³-hybridized carbons (Fsp3) is 0.235. The third-order valence-electron chi connectivity index (χ3n) is 3.55. The minimum Gasteiger partial charge on any atom is -0.294 e. The number of halogens is 1. The number of ketones is 1. The van der Waals surface area contributed by atoms with Crippen molar-refractivity contribution in [3.8, 4) is 0 Å². The zero-order chi connectivity index (χ0) is 17.0. The van der Waals surface area contributed by atoms with Gasteiger partial charge in [0.05, 0.1) is 4.90 Å². The van der Waals surface area contributed by atoms with Gasteiger partial charge in [-0.3, -0.25) is 4.79 Å². The summed E-state index contributed by atoms with van der Waals surface area (Å²) in [5.74, 6) is -0.642. The van der Waals surface area contributed by atoms with Gasteiger partial charge in [0.2, 0.25) is 10.0 Å². The first-order chi connectivity index (χ1) is 10.8. The Kier molecular flexibility index (Phi) is 5.28. The molecule has 0 aliphatic carbocycles. The van der Waals surface area contributed by atoms with Gasteiger partial charge >= 0.3 is 0 Å². The molecule has 0 aliphatic rings. The molecule has 0 heterocycles. The van der Waals surface area contributed by atoms with E-state index in [0.717, 1.165) is 9.87 Å². The molecule has 0 N–H and O–H groups in total. The van der Waals surface area contributed by atoms with E-state index in [2.05, 4.69) is 0 Å². The van der Waals surface area contributed by atoms with Gasteiger partial charge in [0.25, 0.3) is 0 Å². The summed E-state index contributed by atoms with van der Waals surface area (Å²) < 4.78 is 38.8. The number of Topliss-reactive ketones (excluding diaryl/α,β-unsaturated/α-hetero) is 1. The zero-order valence-corrected chi connectivity index (χ0v) is 13.8. The summed E-state index contributed by atoms with van der Waals surface area (Å²) >= 11 is 0. The van der Waals surface area contributed by atoms with Crippen LogP contribution in [0.4, 0.5) is 4.39 Å². The standard InChI is InChI=1S/C17H18FNO3S/c1-13-3-9-16(10-4-13)23(21,22)19(2)12-11-17(20)14-5-7-15(18)8-6-14/h3-10H,11-12H2,1-2H3. The van der Waals surface area contributed by atoms with Gasteiger partial charge < -0.3 is 0 Å². The van der Waals surface area contributed by atoms with Crippen LogP contribution in [0.1, 0.15) is 22.3 Å². The Morgan fingerprint density at radius 3 is 2.17 bits per heavy atom. The Balaban J connectivity index is 2.03. The Hall–Kier alpha value is -2.05. The van der Waals surface area contributed by atoms with Crippen LogP contribution in [0.2, 0.25) is 0 Å². The second-order valence-electron chi connectivity index (χ2n) is 5.32. The number of nitrogens with zero attached hydrogens (tertiary/aromatic N) is 1. The second kappa shape index (κ2) is 7.02. The molecule has 6 heteroatoms. The lowest BCUT2D eigenvalue weighted by molar-refractivity contribution is 0.0978. The van der Waals surface area contributed by atoms with Crippen LogP contribution in [0.15, 0.2) is 53.4 Å². The molecule has 2 aromatic carbocycles. The summed E-state index contributed by atoms with van der Waals surface area (Å²) in [6.45, 7) is 1.94. The minimum absolute atomic E-state index is 0.0349. The maximum atomic E-state index is 12.8. The van der Waals surface area contributed by atoms with Crippen molar-refractivity contribution in [3.63, 3.8) is 0 Å². The molecule has 4 nitrogen and oxygen atoms in total. The van der Waals surface area contributed by atoms with Crippen molar-refractivity contribution in [2.45, 2.75) is 18.2 Å². The lowest BCUT2D eigenvalue weighted by Gasteiger charge is -2.17. The fourth-order valence-electron chi connectivity index (χ4n) is 2.05. The SMILES string of the molecule is Cc1ccc(S(=O)(=O)N(C)CCC(=O)c2ccc(F)cc2)cc1. The van der Waals surface area contributed by atoms with Gasteiger partial charge in [-0.15, -0.1) is 0 Å². The molecule has 0 fully saturated rings. The summed E-state index contributed by atoms with van der Waals surface area (Å²) in [5.41, 5.74) is 1.34. The zero-order valence-electron chi connectivity index (χ0n) is 13.0. The van der Waals surface area contributed by atoms with Crippen molar-refractivity contribution in [1.29, 1.82) is 0 Å². The summed E-state index contributed by atoms with van der Waals surface area (Å²) in [6.07, 6.45) is 0.0349. The Morgan fingerprint density at radius 2 is 1.61 bits per heavy atom. The molecule has 2 aromatic rings. The van der Waals surface area contributed by atoms with E-state index in [-0.39, 0.29) is 23.6 Å². The van der Waals surface area contributed by atoms with E-state index in [4.69, 9.17) is 0 Å². The molecule has 23 heavy (non-hydrogen) atoms. The number of hydrogen-bond donors (Lipinski definition) is 0. The van der Waals surface area contributed by atoms with Crippen LogP contribution in [0.25, 0.3) is 0 Å². The Morgan fingerprint density at radius 1 is 1.04 bits per heavy atom. The van der Waals surface area contributed by atoms with Crippen LogP contribution < -0.4 is 0 Å². The molecule has 0 aliphatic heterocycles. The molecule has 0 unspecified atom stereocenters. The maximum Gasteiger partial charge on any atom is 0.242 e. The summed E-state index contributed by atoms with van der Waals surface area (Å²) in [4.78, 5) is 12.2. The highest BCUT2D eigenvalue weighted by atomic mass is 32.2. The van der Waals surface area contributed by atoms with Crippen molar-refractivity contribution in [2.75, 3.05) is 13.6 Å². The van der Waals surface area contributed by atoms with Crippen molar-refractivity contribution >= 4 is 15.8 Å². The third kappa shape index (κ3) is 4.24. The van der Waals surface area contributed by atoms with Gasteiger partial charge in [0.15, 0.2) is 5.78 Å². The van der Waals surface area contributed by atoms with E-state index in [0.29, 0.717) is 5.56 Å². The average molecular weight is 335 g/mol. The number of sulfonamides is 1. The maximum absolute atomic E-state index is 12.8. The number of rotatable bonds is 6. The van der Waals surface area contributed by atoms with Crippen LogP contribution in [-0.4, -0.2) is 32.1 Å². The van der Waals surface area contributed by atoms with Crippen LogP contribution in [0.5, 0.6) is 0 Å². The van der Waals surface area contributed by atoms with E-state index in [9.17, 15) is 17.6 Å². The molecule has 0 radical (unpaired) electrons. The predicted octanol–water partition coefficient (Wildman–Crippen LogP) is 3.03. The fourth-order valence-corrected chi connectivity index (χ4v) is 3.22. The molecule has 0 saturated carbocycles. The molecule has 0 atom stereocenters. The number of carbonyl (C=O) groups is 1. The van der Waals surface area contributed by atoms with E-state index in [1.54, 1.807) is 24.3 Å². The van der Waals surface area contributed by atoms with Gasteiger partial charge in [-0.1, -0.05) is 17.7 Å². The average Bonchev–Trinajstić information content (AvgIpc) is 2.53. The summed E-state index contributed by atoms with van der Waals surface area (Å²) in [5, 5.41) is 0. The highest BCUT2D eigenvalue weighted by Gasteiger charge is 2.21. The molecule has 0 aromatic heterocycles. The predicted molar refractivity (Wildman–Crippen MR) is 86.3 cm³/mol. The van der Waals surface area contributed by atoms with Gasteiger partial charge in [-0.05, 0) is 43.3 Å². The van der Waals surface area contributed by atoms with Crippen molar-refractivity contribution in [1.82, 2.24) is 4.31 Å². The van der Waals surface area contributed by atoms with Crippen molar-refractivity contribution < 1.29 is 17.6 Å². The van der Waals surface area contributed by atoms with E-state index >= 15 is 0 Å². The van der Waals surface area contributed by atoms with Crippen LogP contribution in [0, 0.1) is 12.7 Å². The second-order valence-corrected chi connectivity index (χ2v) is 7.36. The summed E-state index contributed by atoms with van der Waals surface area (Å²) in [6, 6.07) is 11.7. The number of carbonyl (C=O) groups excluding carboxylic acids is 1. The monoisotopic (exact) mass is 335 g/mol. The Labute approximate surface area is 135 Å². The molecule has 2 rings (SSSR count). The first kappa shape index (κ1) is 17.3. The smallest absolute Gasteiger partial charge is 0.242 e. The normalized spacial score (nSPS) is 11.7. The number of aryl methyl sites for hydroxylation is 1. The van der Waals surface area contributed by atoms with E-state index in [1.807, 2.05) is 6.92 Å². The molecule has 0 amide bonds. The van der Waals surface area contributed by atoms with Gasteiger partial charge in [0.1, 0.15) is 5.82 Å². The molecule has 0 spiro atoms. The summed E-state index contributed by atoms with van der Waals surface area (Å²) in [7, 11) is -2.18. The largest absolute Gasteiger partial charge is 0.294 e. The Bertz CT molecular complexity index is 784. The highest BCUT2D eigenvalue weighted by Crippen LogP contribution is 2.16. The van der Waals surface area contributed by atoms with Crippen LogP contribution in [-0.2, 0) is 10.0 Å². The van der Waals surface area contributed by atoms with Crippen molar-refractivity contribution in [3.05, 3.63) is 65.5 Å². The molecular weight excluding hydrogens is 317 g/mol. The topological polar surface area (TPSA) is 54.5 Å². The molecule has 122 valence electrons. The highest BCUT2D eigenvalue weighted by molar-refractivity contribution is 7.89. The lowest BCUT2D eigenvalue weighted by Crippen LogP contribution is -2.29. The number of benzene rings is 2.